The zero-order chi connectivity index (χ0) is 13.8. The van der Waals surface area contributed by atoms with Gasteiger partial charge < -0.3 is 5.11 Å². The summed E-state index contributed by atoms with van der Waals surface area (Å²) in [6, 6.07) is 6.84. The van der Waals surface area contributed by atoms with E-state index in [1.165, 1.54) is 24.0 Å². The van der Waals surface area contributed by atoms with Crippen LogP contribution in [0, 0.1) is 11.6 Å². The molecular weight excluding hydrogens is 272 g/mol. The third-order valence-corrected chi connectivity index (χ3v) is 3.42. The van der Waals surface area contributed by atoms with Crippen molar-refractivity contribution in [3.05, 3.63) is 59.4 Å². The molecule has 0 spiro atoms. The molecule has 0 bridgehead atoms. The van der Waals surface area contributed by atoms with Crippen LogP contribution >= 0.6 is 11.8 Å². The van der Waals surface area contributed by atoms with E-state index in [1.54, 1.807) is 12.1 Å². The van der Waals surface area contributed by atoms with Crippen LogP contribution < -0.4 is 0 Å². The molecule has 0 atom stereocenters. The minimum Gasteiger partial charge on any atom is -0.477 e. The lowest BCUT2D eigenvalue weighted by atomic mass is 10.2. The topological polar surface area (TPSA) is 50.2 Å². The number of halogens is 2. The number of hydrogen-bond acceptors (Lipinski definition) is 3. The Bertz CT molecular complexity index is 619. The Morgan fingerprint density at radius 1 is 1.26 bits per heavy atom. The summed E-state index contributed by atoms with van der Waals surface area (Å²) in [5.74, 6) is -2.62. The molecule has 3 nitrogen and oxygen atoms in total. The monoisotopic (exact) mass is 281 g/mol. The second-order valence-corrected chi connectivity index (χ2v) is 4.73. The van der Waals surface area contributed by atoms with Gasteiger partial charge in [-0.15, -0.1) is 11.8 Å². The van der Waals surface area contributed by atoms with Gasteiger partial charge in [-0.1, -0.05) is 6.07 Å². The van der Waals surface area contributed by atoms with E-state index in [-0.39, 0.29) is 5.69 Å². The van der Waals surface area contributed by atoms with Crippen LogP contribution in [0.4, 0.5) is 8.78 Å². The number of thioether (sulfide) groups is 1. The molecule has 19 heavy (non-hydrogen) atoms. The van der Waals surface area contributed by atoms with Gasteiger partial charge in [-0.25, -0.2) is 18.6 Å². The molecule has 1 N–H and O–H groups in total. The van der Waals surface area contributed by atoms with E-state index >= 15 is 0 Å². The first-order chi connectivity index (χ1) is 9.08. The molecule has 0 aliphatic rings. The normalized spacial score (nSPS) is 10.4. The van der Waals surface area contributed by atoms with Gasteiger partial charge in [0, 0.05) is 16.8 Å². The Morgan fingerprint density at radius 3 is 2.74 bits per heavy atom. The van der Waals surface area contributed by atoms with Crippen molar-refractivity contribution in [1.82, 2.24) is 4.98 Å². The van der Waals surface area contributed by atoms with E-state index < -0.39 is 17.6 Å². The van der Waals surface area contributed by atoms with Gasteiger partial charge in [0.2, 0.25) is 0 Å². The van der Waals surface area contributed by atoms with Crippen molar-refractivity contribution in [2.45, 2.75) is 10.6 Å². The Hall–Kier alpha value is -1.95. The molecule has 0 aliphatic heterocycles. The van der Waals surface area contributed by atoms with Crippen LogP contribution in [0.25, 0.3) is 0 Å². The molecule has 0 saturated heterocycles. The van der Waals surface area contributed by atoms with Crippen molar-refractivity contribution in [2.75, 3.05) is 0 Å². The molecule has 0 radical (unpaired) electrons. The summed E-state index contributed by atoms with van der Waals surface area (Å²) in [5, 5.41) is 8.96. The molecule has 0 amide bonds. The minimum absolute atomic E-state index is 0.0300. The van der Waals surface area contributed by atoms with E-state index in [9.17, 15) is 13.6 Å². The van der Waals surface area contributed by atoms with Gasteiger partial charge >= 0.3 is 5.97 Å². The molecule has 2 aromatic rings. The maximum Gasteiger partial charge on any atom is 0.354 e. The molecule has 1 aromatic heterocycles. The number of pyridine rings is 1. The lowest BCUT2D eigenvalue weighted by molar-refractivity contribution is 0.0689. The number of aromatic carboxylic acids is 1. The number of aromatic nitrogens is 1. The summed E-state index contributed by atoms with van der Waals surface area (Å²) in [6.07, 6.45) is 1.40. The molecule has 0 saturated carbocycles. The number of rotatable bonds is 4. The lowest BCUT2D eigenvalue weighted by Crippen LogP contribution is -2.04. The predicted molar refractivity (Wildman–Crippen MR) is 67.1 cm³/mol. The largest absolute Gasteiger partial charge is 0.477 e. The highest BCUT2D eigenvalue weighted by molar-refractivity contribution is 7.98. The van der Waals surface area contributed by atoms with E-state index in [0.29, 0.717) is 16.2 Å². The van der Waals surface area contributed by atoms with Gasteiger partial charge in [-0.2, -0.15) is 0 Å². The molecule has 6 heteroatoms. The first-order valence-electron chi connectivity index (χ1n) is 5.33. The predicted octanol–water partition coefficient (Wildman–Crippen LogP) is 3.35. The highest BCUT2D eigenvalue weighted by atomic mass is 32.2. The van der Waals surface area contributed by atoms with Crippen LogP contribution in [-0.4, -0.2) is 16.1 Å². The highest BCUT2D eigenvalue weighted by Crippen LogP contribution is 2.25. The fourth-order valence-corrected chi connectivity index (χ4v) is 2.38. The number of benzene rings is 1. The molecule has 1 aromatic carbocycles. The molecule has 98 valence electrons. The van der Waals surface area contributed by atoms with E-state index in [0.717, 1.165) is 12.1 Å². The Morgan fingerprint density at radius 2 is 2.05 bits per heavy atom. The number of carboxylic acids is 1. The van der Waals surface area contributed by atoms with Crippen LogP contribution in [0.1, 0.15) is 16.1 Å². The lowest BCUT2D eigenvalue weighted by Gasteiger charge is -2.05. The smallest absolute Gasteiger partial charge is 0.354 e. The zero-order valence-corrected chi connectivity index (χ0v) is 10.5. The van der Waals surface area contributed by atoms with Gasteiger partial charge in [0.25, 0.3) is 0 Å². The van der Waals surface area contributed by atoms with Crippen molar-refractivity contribution < 1.29 is 18.7 Å². The summed E-state index contributed by atoms with van der Waals surface area (Å²) in [5.41, 5.74) is 0.502. The summed E-state index contributed by atoms with van der Waals surface area (Å²) < 4.78 is 25.8. The number of nitrogens with zero attached hydrogens (tertiary/aromatic N) is 1. The molecule has 2 rings (SSSR count). The van der Waals surface area contributed by atoms with Crippen LogP contribution in [0.2, 0.25) is 0 Å². The summed E-state index contributed by atoms with van der Waals surface area (Å²) in [7, 11) is 0. The Kier molecular flexibility index (Phi) is 4.11. The summed E-state index contributed by atoms with van der Waals surface area (Å²) >= 11 is 1.22. The van der Waals surface area contributed by atoms with Crippen LogP contribution in [0.15, 0.2) is 41.4 Å². The van der Waals surface area contributed by atoms with Gasteiger partial charge in [0.05, 0.1) is 0 Å². The average molecular weight is 281 g/mol. The SMILES string of the molecule is O=C(O)c1ncccc1CSc1ccc(F)c(F)c1. The van der Waals surface area contributed by atoms with Gasteiger partial charge in [0.15, 0.2) is 17.3 Å². The molecule has 0 unspecified atom stereocenters. The maximum absolute atomic E-state index is 13.0. The van der Waals surface area contributed by atoms with Crippen molar-refractivity contribution in [2.24, 2.45) is 0 Å². The van der Waals surface area contributed by atoms with Crippen molar-refractivity contribution >= 4 is 17.7 Å². The average Bonchev–Trinajstić information content (AvgIpc) is 2.40. The van der Waals surface area contributed by atoms with Crippen LogP contribution in [0.5, 0.6) is 0 Å². The standard InChI is InChI=1S/C13H9F2NO2S/c14-10-4-3-9(6-11(10)15)19-7-8-2-1-5-16-12(8)13(17)18/h1-6H,7H2,(H,17,18). The second kappa shape index (κ2) is 5.79. The van der Waals surface area contributed by atoms with Crippen LogP contribution in [-0.2, 0) is 5.75 Å². The first-order valence-corrected chi connectivity index (χ1v) is 6.31. The number of carboxylic acid groups (broad SMARTS) is 1. The van der Waals surface area contributed by atoms with Gasteiger partial charge in [0.1, 0.15) is 0 Å². The van der Waals surface area contributed by atoms with E-state index in [2.05, 4.69) is 4.98 Å². The Labute approximate surface area is 112 Å². The van der Waals surface area contributed by atoms with Gasteiger partial charge in [-0.3, -0.25) is 0 Å². The summed E-state index contributed by atoms with van der Waals surface area (Å²) in [4.78, 5) is 15.3. The summed E-state index contributed by atoms with van der Waals surface area (Å²) in [6.45, 7) is 0. The quantitative estimate of drug-likeness (QED) is 0.873. The third-order valence-electron chi connectivity index (χ3n) is 2.38. The maximum atomic E-state index is 13.0. The minimum atomic E-state index is -1.11. The third kappa shape index (κ3) is 3.29. The fourth-order valence-electron chi connectivity index (χ4n) is 1.48. The van der Waals surface area contributed by atoms with Crippen molar-refractivity contribution in [3.8, 4) is 0 Å². The van der Waals surface area contributed by atoms with Crippen LogP contribution in [0.3, 0.4) is 0 Å². The zero-order valence-electron chi connectivity index (χ0n) is 9.64. The van der Waals surface area contributed by atoms with E-state index in [4.69, 9.17) is 5.11 Å². The Balaban J connectivity index is 2.14. The van der Waals surface area contributed by atoms with Crippen molar-refractivity contribution in [3.63, 3.8) is 0 Å². The fraction of sp³-hybridized carbons (Fsp3) is 0.0769. The van der Waals surface area contributed by atoms with E-state index in [1.807, 2.05) is 0 Å². The molecular formula is C13H9F2NO2S. The molecule has 1 heterocycles. The second-order valence-electron chi connectivity index (χ2n) is 3.68. The first kappa shape index (κ1) is 13.5. The van der Waals surface area contributed by atoms with Gasteiger partial charge in [-0.05, 0) is 29.8 Å². The number of carbonyl (C=O) groups is 1. The molecule has 0 fully saturated rings. The van der Waals surface area contributed by atoms with Crippen molar-refractivity contribution in [1.29, 1.82) is 0 Å². The highest BCUT2D eigenvalue weighted by Gasteiger charge is 2.11. The number of hydrogen-bond donors (Lipinski definition) is 1. The molecule has 0 aliphatic carbocycles.